The van der Waals surface area contributed by atoms with Crippen molar-refractivity contribution in [2.75, 3.05) is 0 Å². The second kappa shape index (κ2) is 4.08. The third-order valence-corrected chi connectivity index (χ3v) is 3.06. The largest absolute Gasteiger partial charge is 0.488 e. The van der Waals surface area contributed by atoms with Crippen LogP contribution in [0.3, 0.4) is 0 Å². The van der Waals surface area contributed by atoms with Crippen LogP contribution in [0.5, 0.6) is 5.75 Å². The average Bonchev–Trinajstić information content (AvgIpc) is 2.67. The van der Waals surface area contributed by atoms with Crippen molar-refractivity contribution in [2.45, 2.75) is 19.4 Å². The van der Waals surface area contributed by atoms with E-state index >= 15 is 0 Å². The number of fused-ring (bicyclic) bond motifs is 3. The van der Waals surface area contributed by atoms with E-state index in [1.165, 1.54) is 29.1 Å². The van der Waals surface area contributed by atoms with Gasteiger partial charge in [-0.05, 0) is 19.1 Å². The molecule has 0 spiro atoms. The average molecular weight is 262 g/mol. The first-order chi connectivity index (χ1) is 9.06. The number of nitrogens with zero attached hydrogens (tertiary/aromatic N) is 2. The molecule has 0 saturated heterocycles. The number of ether oxygens (including phenoxy) is 1. The van der Waals surface area contributed by atoms with Crippen molar-refractivity contribution in [1.82, 2.24) is 9.78 Å². The predicted octanol–water partition coefficient (Wildman–Crippen LogP) is 2.03. The van der Waals surface area contributed by atoms with Crippen LogP contribution in [-0.4, -0.2) is 27.0 Å². The Bertz CT molecular complexity index is 666. The molecule has 1 unspecified atom stereocenters. The Balaban J connectivity index is 2.25. The molecular formula is C13H11FN2O3. The summed E-state index contributed by atoms with van der Waals surface area (Å²) >= 11 is 0. The molecular weight excluding hydrogens is 251 g/mol. The topological polar surface area (TPSA) is 64.3 Å². The first-order valence-corrected chi connectivity index (χ1v) is 5.83. The number of hydrogen-bond acceptors (Lipinski definition) is 3. The van der Waals surface area contributed by atoms with Gasteiger partial charge in [0.2, 0.25) is 0 Å². The molecule has 1 N–H and O–H groups in total. The number of aromatic nitrogens is 2. The van der Waals surface area contributed by atoms with Gasteiger partial charge >= 0.3 is 5.97 Å². The fourth-order valence-corrected chi connectivity index (χ4v) is 2.24. The van der Waals surface area contributed by atoms with Crippen LogP contribution < -0.4 is 4.74 Å². The van der Waals surface area contributed by atoms with Crippen LogP contribution in [0.2, 0.25) is 0 Å². The highest BCUT2D eigenvalue weighted by molar-refractivity contribution is 5.89. The minimum absolute atomic E-state index is 0.146. The number of aromatic carboxylic acids is 1. The summed E-state index contributed by atoms with van der Waals surface area (Å²) in [5.41, 5.74) is 1.26. The maximum absolute atomic E-state index is 13.3. The number of benzene rings is 1. The number of carbonyl (C=O) groups is 1. The van der Waals surface area contributed by atoms with Gasteiger partial charge in [-0.2, -0.15) is 5.10 Å². The van der Waals surface area contributed by atoms with Gasteiger partial charge in [-0.15, -0.1) is 0 Å². The van der Waals surface area contributed by atoms with Gasteiger partial charge < -0.3 is 9.84 Å². The minimum atomic E-state index is -1.03. The van der Waals surface area contributed by atoms with E-state index in [2.05, 4.69) is 5.10 Å². The minimum Gasteiger partial charge on any atom is -0.488 e. The van der Waals surface area contributed by atoms with Gasteiger partial charge in [-0.1, -0.05) is 0 Å². The van der Waals surface area contributed by atoms with E-state index in [1.807, 2.05) is 6.92 Å². The molecule has 2 aromatic rings. The Morgan fingerprint density at radius 2 is 2.37 bits per heavy atom. The fourth-order valence-electron chi connectivity index (χ4n) is 2.24. The maximum Gasteiger partial charge on any atom is 0.339 e. The normalized spacial score (nSPS) is 17.1. The quantitative estimate of drug-likeness (QED) is 0.854. The molecule has 0 bridgehead atoms. The summed E-state index contributed by atoms with van der Waals surface area (Å²) < 4.78 is 20.4. The molecule has 1 aromatic carbocycles. The third-order valence-electron chi connectivity index (χ3n) is 3.06. The summed E-state index contributed by atoms with van der Waals surface area (Å²) in [7, 11) is 0. The molecule has 1 aliphatic rings. The first kappa shape index (κ1) is 11.7. The highest BCUT2D eigenvalue weighted by atomic mass is 19.1. The van der Waals surface area contributed by atoms with Crippen molar-refractivity contribution < 1.29 is 19.0 Å². The number of carboxylic acid groups (broad SMARTS) is 1. The maximum atomic E-state index is 13.3. The van der Waals surface area contributed by atoms with Gasteiger partial charge in [0, 0.05) is 12.5 Å². The molecule has 0 saturated carbocycles. The summed E-state index contributed by atoms with van der Waals surface area (Å²) in [6.45, 7) is 1.81. The lowest BCUT2D eigenvalue weighted by molar-refractivity contribution is 0.0695. The molecule has 2 heterocycles. The third kappa shape index (κ3) is 1.85. The van der Waals surface area contributed by atoms with Gasteiger partial charge in [-0.25, -0.2) is 13.9 Å². The molecule has 1 aromatic heterocycles. The second-order valence-electron chi connectivity index (χ2n) is 4.47. The molecule has 3 rings (SSSR count). The molecule has 0 aliphatic carbocycles. The first-order valence-electron chi connectivity index (χ1n) is 5.83. The van der Waals surface area contributed by atoms with Crippen molar-refractivity contribution in [3.8, 4) is 11.4 Å². The zero-order valence-electron chi connectivity index (χ0n) is 10.1. The summed E-state index contributed by atoms with van der Waals surface area (Å²) in [6.07, 6.45) is 1.46. The number of hydrogen-bond donors (Lipinski definition) is 1. The van der Waals surface area contributed by atoms with Gasteiger partial charge in [0.1, 0.15) is 28.9 Å². The van der Waals surface area contributed by atoms with E-state index in [1.54, 1.807) is 0 Å². The second-order valence-corrected chi connectivity index (χ2v) is 4.47. The molecule has 19 heavy (non-hydrogen) atoms. The standard InChI is InChI=1S/C13H11FN2O3/c1-7-4-11-9(13(17)18)6-15-16(11)10-3-2-8(14)5-12(10)19-7/h2-3,5-7H,4H2,1H3,(H,17,18). The highest BCUT2D eigenvalue weighted by Gasteiger charge is 2.25. The Kier molecular flexibility index (Phi) is 2.51. The van der Waals surface area contributed by atoms with E-state index in [9.17, 15) is 9.18 Å². The van der Waals surface area contributed by atoms with Crippen LogP contribution in [0.4, 0.5) is 4.39 Å². The van der Waals surface area contributed by atoms with Gasteiger partial charge in [-0.3, -0.25) is 0 Å². The van der Waals surface area contributed by atoms with E-state index in [4.69, 9.17) is 9.84 Å². The van der Waals surface area contributed by atoms with Crippen molar-refractivity contribution in [3.63, 3.8) is 0 Å². The van der Waals surface area contributed by atoms with Crippen LogP contribution in [-0.2, 0) is 6.42 Å². The van der Waals surface area contributed by atoms with E-state index in [0.29, 0.717) is 23.6 Å². The van der Waals surface area contributed by atoms with Gasteiger partial charge in [0.15, 0.2) is 0 Å². The molecule has 98 valence electrons. The molecule has 1 atom stereocenters. The molecule has 0 radical (unpaired) electrons. The highest BCUT2D eigenvalue weighted by Crippen LogP contribution is 2.30. The predicted molar refractivity (Wildman–Crippen MR) is 64.3 cm³/mol. The van der Waals surface area contributed by atoms with Crippen LogP contribution in [0.15, 0.2) is 24.4 Å². The van der Waals surface area contributed by atoms with E-state index < -0.39 is 11.8 Å². The molecule has 0 fully saturated rings. The molecule has 1 aliphatic heterocycles. The Morgan fingerprint density at radius 1 is 1.58 bits per heavy atom. The van der Waals surface area contributed by atoms with Crippen molar-refractivity contribution in [1.29, 1.82) is 0 Å². The molecule has 0 amide bonds. The monoisotopic (exact) mass is 262 g/mol. The lowest BCUT2D eigenvalue weighted by Gasteiger charge is -2.11. The van der Waals surface area contributed by atoms with Crippen LogP contribution in [0.25, 0.3) is 5.69 Å². The lowest BCUT2D eigenvalue weighted by Crippen LogP contribution is -2.15. The Hall–Kier alpha value is -2.37. The smallest absolute Gasteiger partial charge is 0.339 e. The summed E-state index contributed by atoms with van der Waals surface area (Å²) in [5.74, 6) is -1.06. The fraction of sp³-hybridized carbons (Fsp3) is 0.231. The van der Waals surface area contributed by atoms with Crippen molar-refractivity contribution >= 4 is 5.97 Å². The number of rotatable bonds is 1. The van der Waals surface area contributed by atoms with Crippen LogP contribution in [0, 0.1) is 5.82 Å². The lowest BCUT2D eigenvalue weighted by atomic mass is 10.1. The zero-order valence-corrected chi connectivity index (χ0v) is 10.1. The Labute approximate surface area is 108 Å². The van der Waals surface area contributed by atoms with Gasteiger partial charge in [0.25, 0.3) is 0 Å². The van der Waals surface area contributed by atoms with Gasteiger partial charge in [0.05, 0.1) is 11.9 Å². The van der Waals surface area contributed by atoms with E-state index in [-0.39, 0.29) is 11.7 Å². The Morgan fingerprint density at radius 3 is 3.11 bits per heavy atom. The zero-order chi connectivity index (χ0) is 13.6. The molecule has 5 nitrogen and oxygen atoms in total. The molecule has 6 heteroatoms. The van der Waals surface area contributed by atoms with Crippen LogP contribution >= 0.6 is 0 Å². The van der Waals surface area contributed by atoms with Crippen LogP contribution in [0.1, 0.15) is 23.0 Å². The van der Waals surface area contributed by atoms with Crippen molar-refractivity contribution in [2.24, 2.45) is 0 Å². The van der Waals surface area contributed by atoms with E-state index in [0.717, 1.165) is 0 Å². The van der Waals surface area contributed by atoms with Crippen molar-refractivity contribution in [3.05, 3.63) is 41.5 Å². The summed E-state index contributed by atoms with van der Waals surface area (Å²) in [6, 6.07) is 4.11. The number of carboxylic acids is 1. The SMILES string of the molecule is CC1Cc2c(C(=O)O)cnn2-c2ccc(F)cc2O1. The summed E-state index contributed by atoms with van der Waals surface area (Å²) in [5, 5.41) is 13.2. The number of halogens is 1. The summed E-state index contributed by atoms with van der Waals surface area (Å²) in [4.78, 5) is 11.2.